The second kappa shape index (κ2) is 4.93. The summed E-state index contributed by atoms with van der Waals surface area (Å²) in [7, 11) is 0. The molecule has 0 radical (unpaired) electrons. The number of hydrogen-bond donors (Lipinski definition) is 0. The Kier molecular flexibility index (Phi) is 3.35. The van der Waals surface area contributed by atoms with Gasteiger partial charge in [-0.3, -0.25) is 0 Å². The number of nitriles is 1. The molecule has 1 aliphatic rings. The highest BCUT2D eigenvalue weighted by molar-refractivity contribution is 5.42. The van der Waals surface area contributed by atoms with E-state index in [4.69, 9.17) is 5.26 Å². The van der Waals surface area contributed by atoms with Crippen LogP contribution in [-0.2, 0) is 0 Å². The average Bonchev–Trinajstić information content (AvgIpc) is 2.56. The summed E-state index contributed by atoms with van der Waals surface area (Å²) in [5.41, 5.74) is 0.465. The molecule has 1 aromatic rings. The molecule has 2 heterocycles. The SMILES string of the molecule is Cc1nc(C#N)cc(N2CCCCCC2)n1. The van der Waals surface area contributed by atoms with Crippen molar-refractivity contribution in [2.75, 3.05) is 18.0 Å². The number of hydrogen-bond acceptors (Lipinski definition) is 4. The lowest BCUT2D eigenvalue weighted by atomic mass is 10.2. The molecule has 1 fully saturated rings. The van der Waals surface area contributed by atoms with E-state index >= 15 is 0 Å². The van der Waals surface area contributed by atoms with E-state index in [1.165, 1.54) is 25.7 Å². The third-order valence-electron chi connectivity index (χ3n) is 2.87. The van der Waals surface area contributed by atoms with Crippen LogP contribution in [0.15, 0.2) is 6.07 Å². The first-order valence-corrected chi connectivity index (χ1v) is 5.80. The van der Waals surface area contributed by atoms with Gasteiger partial charge in [0.15, 0.2) is 0 Å². The fourth-order valence-corrected chi connectivity index (χ4v) is 2.07. The van der Waals surface area contributed by atoms with Gasteiger partial charge in [0.1, 0.15) is 23.4 Å². The molecule has 0 aliphatic carbocycles. The molecule has 0 atom stereocenters. The lowest BCUT2D eigenvalue weighted by Crippen LogP contribution is -2.25. The molecule has 84 valence electrons. The minimum Gasteiger partial charge on any atom is -0.356 e. The van der Waals surface area contributed by atoms with E-state index in [0.29, 0.717) is 11.5 Å². The summed E-state index contributed by atoms with van der Waals surface area (Å²) in [6.45, 7) is 3.92. The molecule has 16 heavy (non-hydrogen) atoms. The number of aromatic nitrogens is 2. The van der Waals surface area contributed by atoms with Gasteiger partial charge in [-0.15, -0.1) is 0 Å². The topological polar surface area (TPSA) is 52.8 Å². The van der Waals surface area contributed by atoms with Crippen molar-refractivity contribution in [3.05, 3.63) is 17.6 Å². The molecule has 1 saturated heterocycles. The maximum atomic E-state index is 8.88. The Hall–Kier alpha value is -1.63. The average molecular weight is 216 g/mol. The summed E-state index contributed by atoms with van der Waals surface area (Å²) in [6, 6.07) is 3.88. The van der Waals surface area contributed by atoms with Gasteiger partial charge in [0.05, 0.1) is 0 Å². The molecular formula is C12H16N4. The van der Waals surface area contributed by atoms with Crippen LogP contribution >= 0.6 is 0 Å². The quantitative estimate of drug-likeness (QED) is 0.720. The lowest BCUT2D eigenvalue weighted by molar-refractivity contribution is 0.726. The maximum absolute atomic E-state index is 8.88. The predicted octanol–water partition coefficient (Wildman–Crippen LogP) is 2.04. The van der Waals surface area contributed by atoms with E-state index in [1.54, 1.807) is 6.07 Å². The zero-order valence-electron chi connectivity index (χ0n) is 9.61. The molecular weight excluding hydrogens is 200 g/mol. The van der Waals surface area contributed by atoms with Crippen LogP contribution in [0.3, 0.4) is 0 Å². The van der Waals surface area contributed by atoms with Gasteiger partial charge in [-0.1, -0.05) is 12.8 Å². The van der Waals surface area contributed by atoms with Crippen molar-refractivity contribution in [1.82, 2.24) is 9.97 Å². The van der Waals surface area contributed by atoms with Gasteiger partial charge in [0.2, 0.25) is 0 Å². The Balaban J connectivity index is 2.24. The minimum absolute atomic E-state index is 0.465. The Morgan fingerprint density at radius 2 is 1.88 bits per heavy atom. The predicted molar refractivity (Wildman–Crippen MR) is 62.2 cm³/mol. The number of nitrogens with zero attached hydrogens (tertiary/aromatic N) is 4. The van der Waals surface area contributed by atoms with Gasteiger partial charge in [0, 0.05) is 19.2 Å². The Morgan fingerprint density at radius 3 is 2.50 bits per heavy atom. The molecule has 0 aromatic carbocycles. The van der Waals surface area contributed by atoms with Crippen LogP contribution < -0.4 is 4.90 Å². The number of anilines is 1. The zero-order valence-corrected chi connectivity index (χ0v) is 9.61. The summed E-state index contributed by atoms with van der Waals surface area (Å²) in [5.74, 6) is 1.59. The second-order valence-electron chi connectivity index (χ2n) is 4.17. The molecule has 0 unspecified atom stereocenters. The van der Waals surface area contributed by atoms with Crippen molar-refractivity contribution in [3.63, 3.8) is 0 Å². The van der Waals surface area contributed by atoms with Gasteiger partial charge in [0.25, 0.3) is 0 Å². The van der Waals surface area contributed by atoms with Crippen molar-refractivity contribution in [2.24, 2.45) is 0 Å². The molecule has 1 aromatic heterocycles. The van der Waals surface area contributed by atoms with Crippen LogP contribution in [0.25, 0.3) is 0 Å². The molecule has 0 amide bonds. The lowest BCUT2D eigenvalue weighted by Gasteiger charge is -2.21. The van der Waals surface area contributed by atoms with Gasteiger partial charge in [-0.25, -0.2) is 9.97 Å². The van der Waals surface area contributed by atoms with Crippen LogP contribution in [0.1, 0.15) is 37.2 Å². The number of aryl methyl sites for hydroxylation is 1. The Morgan fingerprint density at radius 1 is 1.19 bits per heavy atom. The highest BCUT2D eigenvalue weighted by Gasteiger charge is 2.12. The summed E-state index contributed by atoms with van der Waals surface area (Å²) >= 11 is 0. The van der Waals surface area contributed by atoms with Crippen LogP contribution in [0.5, 0.6) is 0 Å². The van der Waals surface area contributed by atoms with Crippen molar-refractivity contribution in [1.29, 1.82) is 5.26 Å². The van der Waals surface area contributed by atoms with E-state index < -0.39 is 0 Å². The molecule has 2 rings (SSSR count). The van der Waals surface area contributed by atoms with Crippen molar-refractivity contribution in [2.45, 2.75) is 32.6 Å². The molecule has 1 aliphatic heterocycles. The van der Waals surface area contributed by atoms with Gasteiger partial charge in [-0.2, -0.15) is 5.26 Å². The van der Waals surface area contributed by atoms with Crippen molar-refractivity contribution in [3.8, 4) is 6.07 Å². The van der Waals surface area contributed by atoms with Gasteiger partial charge < -0.3 is 4.90 Å². The van der Waals surface area contributed by atoms with E-state index in [9.17, 15) is 0 Å². The van der Waals surface area contributed by atoms with Crippen LogP contribution in [-0.4, -0.2) is 23.1 Å². The largest absolute Gasteiger partial charge is 0.356 e. The summed E-state index contributed by atoms with van der Waals surface area (Å²) in [5, 5.41) is 8.88. The Labute approximate surface area is 95.9 Å². The maximum Gasteiger partial charge on any atom is 0.146 e. The smallest absolute Gasteiger partial charge is 0.146 e. The normalized spacial score (nSPS) is 16.6. The third kappa shape index (κ3) is 2.48. The number of rotatable bonds is 1. The third-order valence-corrected chi connectivity index (χ3v) is 2.87. The summed E-state index contributed by atoms with van der Waals surface area (Å²) in [4.78, 5) is 10.7. The van der Waals surface area contributed by atoms with Crippen LogP contribution in [0, 0.1) is 18.3 Å². The summed E-state index contributed by atoms with van der Waals surface area (Å²) < 4.78 is 0. The standard InChI is InChI=1S/C12H16N4/c1-10-14-11(9-13)8-12(15-10)16-6-4-2-3-5-7-16/h8H,2-7H2,1H3. The minimum atomic E-state index is 0.465. The fourth-order valence-electron chi connectivity index (χ4n) is 2.07. The molecule has 0 spiro atoms. The van der Waals surface area contributed by atoms with E-state index in [2.05, 4.69) is 20.9 Å². The summed E-state index contributed by atoms with van der Waals surface area (Å²) in [6.07, 6.45) is 5.02. The van der Waals surface area contributed by atoms with Gasteiger partial charge >= 0.3 is 0 Å². The van der Waals surface area contributed by atoms with Gasteiger partial charge in [-0.05, 0) is 19.8 Å². The highest BCUT2D eigenvalue weighted by atomic mass is 15.2. The van der Waals surface area contributed by atoms with E-state index in [1.807, 2.05) is 6.92 Å². The first-order valence-electron chi connectivity index (χ1n) is 5.80. The van der Waals surface area contributed by atoms with Crippen molar-refractivity contribution < 1.29 is 0 Å². The molecule has 4 heteroatoms. The molecule has 0 saturated carbocycles. The fraction of sp³-hybridized carbons (Fsp3) is 0.583. The zero-order chi connectivity index (χ0) is 11.4. The highest BCUT2D eigenvalue weighted by Crippen LogP contribution is 2.17. The van der Waals surface area contributed by atoms with Crippen molar-refractivity contribution >= 4 is 5.82 Å². The van der Waals surface area contributed by atoms with Crippen LogP contribution in [0.2, 0.25) is 0 Å². The second-order valence-corrected chi connectivity index (χ2v) is 4.17. The first-order chi connectivity index (χ1) is 7.79. The monoisotopic (exact) mass is 216 g/mol. The van der Waals surface area contributed by atoms with E-state index in [-0.39, 0.29) is 0 Å². The Bertz CT molecular complexity index is 400. The molecule has 4 nitrogen and oxygen atoms in total. The van der Waals surface area contributed by atoms with E-state index in [0.717, 1.165) is 18.9 Å². The first kappa shape index (κ1) is 10.9. The molecule has 0 N–H and O–H groups in total. The van der Waals surface area contributed by atoms with Crippen LogP contribution in [0.4, 0.5) is 5.82 Å². The molecule has 0 bridgehead atoms.